The monoisotopic (exact) mass is 289 g/mol. The largest absolute Gasteiger partial charge is 0.311 e. The molecule has 1 N–H and O–H groups in total. The van der Waals surface area contributed by atoms with E-state index in [0.717, 1.165) is 36.1 Å². The van der Waals surface area contributed by atoms with E-state index in [9.17, 15) is 0 Å². The fourth-order valence-electron chi connectivity index (χ4n) is 1.90. The third kappa shape index (κ3) is 4.91. The lowest BCUT2D eigenvalue weighted by Gasteiger charge is -2.08. The summed E-state index contributed by atoms with van der Waals surface area (Å²) < 4.78 is 0. The minimum absolute atomic E-state index is 0.644. The maximum atomic E-state index is 5.88. The van der Waals surface area contributed by atoms with Crippen molar-refractivity contribution in [1.82, 2.24) is 15.3 Å². The number of halogens is 1. The molecule has 0 radical (unpaired) electrons. The summed E-state index contributed by atoms with van der Waals surface area (Å²) in [5.41, 5.74) is 2.20. The summed E-state index contributed by atoms with van der Waals surface area (Å²) in [4.78, 5) is 8.91. The molecule has 3 nitrogen and oxygen atoms in total. The molecule has 0 spiro atoms. The van der Waals surface area contributed by atoms with Crippen LogP contribution in [0.2, 0.25) is 5.02 Å². The van der Waals surface area contributed by atoms with Crippen molar-refractivity contribution in [2.75, 3.05) is 6.54 Å². The first-order valence-corrected chi connectivity index (χ1v) is 7.27. The number of benzene rings is 1. The van der Waals surface area contributed by atoms with Gasteiger partial charge in [0.1, 0.15) is 5.82 Å². The van der Waals surface area contributed by atoms with Gasteiger partial charge in [0.05, 0.1) is 5.69 Å². The van der Waals surface area contributed by atoms with E-state index in [2.05, 4.69) is 29.1 Å². The molecule has 0 aliphatic rings. The van der Waals surface area contributed by atoms with E-state index in [1.807, 2.05) is 36.5 Å². The lowest BCUT2D eigenvalue weighted by Crippen LogP contribution is -2.20. The van der Waals surface area contributed by atoms with Crippen LogP contribution in [0.4, 0.5) is 0 Å². The fraction of sp³-hybridized carbons (Fsp3) is 0.375. The van der Waals surface area contributed by atoms with Gasteiger partial charge in [0, 0.05) is 24.2 Å². The summed E-state index contributed by atoms with van der Waals surface area (Å²) in [7, 11) is 0. The van der Waals surface area contributed by atoms with Gasteiger partial charge in [-0.15, -0.1) is 0 Å². The van der Waals surface area contributed by atoms with Crippen molar-refractivity contribution < 1.29 is 0 Å². The minimum Gasteiger partial charge on any atom is -0.311 e. The summed E-state index contributed by atoms with van der Waals surface area (Å²) in [5, 5.41) is 4.14. The number of hydrogen-bond acceptors (Lipinski definition) is 3. The predicted octanol–water partition coefficient (Wildman–Crippen LogP) is 3.47. The molecule has 0 aliphatic heterocycles. The van der Waals surface area contributed by atoms with Crippen molar-refractivity contribution in [2.45, 2.75) is 26.8 Å². The molecule has 0 fully saturated rings. The van der Waals surface area contributed by atoms with Gasteiger partial charge in [-0.3, -0.25) is 0 Å². The molecule has 20 heavy (non-hydrogen) atoms. The van der Waals surface area contributed by atoms with E-state index in [0.29, 0.717) is 5.92 Å². The van der Waals surface area contributed by atoms with Gasteiger partial charge in [0.25, 0.3) is 0 Å². The molecular formula is C16H20ClN3. The topological polar surface area (TPSA) is 37.8 Å². The first kappa shape index (κ1) is 14.9. The third-order valence-electron chi connectivity index (χ3n) is 2.90. The summed E-state index contributed by atoms with van der Waals surface area (Å²) >= 11 is 5.88. The van der Waals surface area contributed by atoms with Gasteiger partial charge in [-0.1, -0.05) is 37.6 Å². The molecule has 2 rings (SSSR count). The van der Waals surface area contributed by atoms with Crippen LogP contribution in [0.25, 0.3) is 0 Å². The molecule has 0 saturated heterocycles. The minimum atomic E-state index is 0.644. The summed E-state index contributed by atoms with van der Waals surface area (Å²) in [6, 6.07) is 9.76. The normalized spacial score (nSPS) is 11.0. The molecule has 1 aromatic carbocycles. The Balaban J connectivity index is 1.96. The first-order valence-electron chi connectivity index (χ1n) is 6.89. The quantitative estimate of drug-likeness (QED) is 0.885. The van der Waals surface area contributed by atoms with Crippen molar-refractivity contribution >= 4 is 11.6 Å². The Bertz CT molecular complexity index is 538. The Kier molecular flexibility index (Phi) is 5.50. The molecule has 0 amide bonds. The zero-order valence-electron chi connectivity index (χ0n) is 11.9. The molecule has 0 unspecified atom stereocenters. The lowest BCUT2D eigenvalue weighted by atomic mass is 10.1. The van der Waals surface area contributed by atoms with Crippen LogP contribution in [0.5, 0.6) is 0 Å². The zero-order chi connectivity index (χ0) is 14.4. The lowest BCUT2D eigenvalue weighted by molar-refractivity contribution is 0.547. The van der Waals surface area contributed by atoms with Crippen LogP contribution >= 0.6 is 11.6 Å². The Hall–Kier alpha value is -1.45. The molecule has 1 heterocycles. The van der Waals surface area contributed by atoms with Crippen LogP contribution in [0, 0.1) is 5.92 Å². The number of nitrogens with zero attached hydrogens (tertiary/aromatic N) is 2. The van der Waals surface area contributed by atoms with Crippen LogP contribution in [-0.4, -0.2) is 16.5 Å². The van der Waals surface area contributed by atoms with Gasteiger partial charge in [0.2, 0.25) is 0 Å². The zero-order valence-corrected chi connectivity index (χ0v) is 12.7. The predicted molar refractivity (Wildman–Crippen MR) is 82.8 cm³/mol. The Morgan fingerprint density at radius 2 is 1.90 bits per heavy atom. The molecule has 4 heteroatoms. The van der Waals surface area contributed by atoms with Gasteiger partial charge in [-0.25, -0.2) is 9.97 Å². The van der Waals surface area contributed by atoms with Crippen LogP contribution in [0.1, 0.15) is 30.9 Å². The van der Waals surface area contributed by atoms with Crippen LogP contribution in [0.3, 0.4) is 0 Å². The van der Waals surface area contributed by atoms with E-state index in [-0.39, 0.29) is 0 Å². The smallest absolute Gasteiger partial charge is 0.132 e. The van der Waals surface area contributed by atoms with Crippen molar-refractivity contribution in [3.63, 3.8) is 0 Å². The Morgan fingerprint density at radius 3 is 2.60 bits per heavy atom. The van der Waals surface area contributed by atoms with E-state index >= 15 is 0 Å². The van der Waals surface area contributed by atoms with Crippen LogP contribution < -0.4 is 5.32 Å². The van der Waals surface area contributed by atoms with Crippen molar-refractivity contribution in [3.05, 3.63) is 58.6 Å². The summed E-state index contributed by atoms with van der Waals surface area (Å²) in [6.45, 7) is 6.17. The second-order valence-electron chi connectivity index (χ2n) is 5.29. The maximum absolute atomic E-state index is 5.88. The molecular weight excluding hydrogens is 270 g/mol. The van der Waals surface area contributed by atoms with E-state index in [1.54, 1.807) is 0 Å². The first-order chi connectivity index (χ1) is 9.63. The van der Waals surface area contributed by atoms with E-state index in [4.69, 9.17) is 11.6 Å². The third-order valence-corrected chi connectivity index (χ3v) is 3.15. The SMILES string of the molecule is CC(C)CNCc1ccnc(Cc2ccc(Cl)cc2)n1. The Morgan fingerprint density at radius 1 is 1.15 bits per heavy atom. The van der Waals surface area contributed by atoms with Gasteiger partial charge >= 0.3 is 0 Å². The molecule has 1 aromatic heterocycles. The highest BCUT2D eigenvalue weighted by Crippen LogP contribution is 2.12. The van der Waals surface area contributed by atoms with Gasteiger partial charge in [0.15, 0.2) is 0 Å². The van der Waals surface area contributed by atoms with Crippen molar-refractivity contribution in [2.24, 2.45) is 5.92 Å². The Labute approximate surface area is 125 Å². The number of nitrogens with one attached hydrogen (secondary N) is 1. The molecule has 106 valence electrons. The number of hydrogen-bond donors (Lipinski definition) is 1. The standard InChI is InChI=1S/C16H20ClN3/c1-12(2)10-18-11-15-7-8-19-16(20-15)9-13-3-5-14(17)6-4-13/h3-8,12,18H,9-11H2,1-2H3. The average Bonchev–Trinajstić information content (AvgIpc) is 2.41. The van der Waals surface area contributed by atoms with Gasteiger partial charge in [-0.2, -0.15) is 0 Å². The fourth-order valence-corrected chi connectivity index (χ4v) is 2.02. The highest BCUT2D eigenvalue weighted by Gasteiger charge is 2.02. The summed E-state index contributed by atoms with van der Waals surface area (Å²) in [6.07, 6.45) is 2.56. The van der Waals surface area contributed by atoms with E-state index in [1.165, 1.54) is 5.56 Å². The molecule has 0 saturated carbocycles. The highest BCUT2D eigenvalue weighted by molar-refractivity contribution is 6.30. The van der Waals surface area contributed by atoms with E-state index < -0.39 is 0 Å². The highest BCUT2D eigenvalue weighted by atomic mass is 35.5. The van der Waals surface area contributed by atoms with Crippen LogP contribution in [-0.2, 0) is 13.0 Å². The number of rotatable bonds is 6. The number of aromatic nitrogens is 2. The van der Waals surface area contributed by atoms with Gasteiger partial charge < -0.3 is 5.32 Å². The van der Waals surface area contributed by atoms with Crippen molar-refractivity contribution in [3.8, 4) is 0 Å². The van der Waals surface area contributed by atoms with Crippen molar-refractivity contribution in [1.29, 1.82) is 0 Å². The molecule has 2 aromatic rings. The average molecular weight is 290 g/mol. The van der Waals surface area contributed by atoms with Crippen LogP contribution in [0.15, 0.2) is 36.5 Å². The van der Waals surface area contributed by atoms with Gasteiger partial charge in [-0.05, 0) is 36.2 Å². The second kappa shape index (κ2) is 7.36. The summed E-state index contributed by atoms with van der Waals surface area (Å²) in [5.74, 6) is 1.49. The second-order valence-corrected chi connectivity index (χ2v) is 5.73. The molecule has 0 aliphatic carbocycles. The maximum Gasteiger partial charge on any atom is 0.132 e. The molecule has 0 atom stereocenters. The molecule has 0 bridgehead atoms.